The van der Waals surface area contributed by atoms with Crippen LogP contribution in [-0.2, 0) is 0 Å². The van der Waals surface area contributed by atoms with Crippen molar-refractivity contribution < 1.29 is 5.11 Å². The SMILES string of the molecule is CC1C(c2ccccc2)N(C)C(c2ccccc2)CC1(C)O. The Morgan fingerprint density at radius 3 is 2.00 bits per heavy atom. The molecule has 1 fully saturated rings. The van der Waals surface area contributed by atoms with Crippen molar-refractivity contribution in [2.45, 2.75) is 38.0 Å². The Bertz CT molecular complexity index is 608. The monoisotopic (exact) mass is 295 g/mol. The van der Waals surface area contributed by atoms with Crippen LogP contribution in [0.1, 0.15) is 43.5 Å². The minimum absolute atomic E-state index is 0.180. The predicted octanol–water partition coefficient (Wildman–Crippen LogP) is 4.19. The molecule has 0 radical (unpaired) electrons. The molecule has 2 heteroatoms. The highest BCUT2D eigenvalue weighted by molar-refractivity contribution is 5.26. The number of piperidine rings is 1. The molecule has 2 nitrogen and oxygen atoms in total. The van der Waals surface area contributed by atoms with Gasteiger partial charge in [-0.2, -0.15) is 0 Å². The second-order valence-corrected chi connectivity index (χ2v) is 6.80. The number of nitrogens with zero attached hydrogens (tertiary/aromatic N) is 1. The largest absolute Gasteiger partial charge is 0.390 e. The molecule has 2 aromatic rings. The van der Waals surface area contributed by atoms with E-state index >= 15 is 0 Å². The van der Waals surface area contributed by atoms with Gasteiger partial charge in [-0.05, 0) is 31.5 Å². The Morgan fingerprint density at radius 1 is 0.955 bits per heavy atom. The van der Waals surface area contributed by atoms with Crippen LogP contribution in [0, 0.1) is 5.92 Å². The number of likely N-dealkylation sites (tertiary alicyclic amines) is 1. The quantitative estimate of drug-likeness (QED) is 0.898. The first-order chi connectivity index (χ1) is 10.5. The van der Waals surface area contributed by atoms with E-state index < -0.39 is 5.60 Å². The van der Waals surface area contributed by atoms with Gasteiger partial charge >= 0.3 is 0 Å². The summed E-state index contributed by atoms with van der Waals surface area (Å²) in [4.78, 5) is 2.42. The van der Waals surface area contributed by atoms with Crippen LogP contribution in [0.15, 0.2) is 60.7 Å². The molecule has 0 spiro atoms. The molecule has 0 aliphatic carbocycles. The molecule has 0 amide bonds. The van der Waals surface area contributed by atoms with Crippen molar-refractivity contribution in [3.8, 4) is 0 Å². The Hall–Kier alpha value is -1.64. The zero-order valence-electron chi connectivity index (χ0n) is 13.6. The summed E-state index contributed by atoms with van der Waals surface area (Å²) in [7, 11) is 2.18. The van der Waals surface area contributed by atoms with Gasteiger partial charge in [0.15, 0.2) is 0 Å². The van der Waals surface area contributed by atoms with E-state index in [1.165, 1.54) is 11.1 Å². The fraction of sp³-hybridized carbons (Fsp3) is 0.400. The molecule has 0 bridgehead atoms. The summed E-state index contributed by atoms with van der Waals surface area (Å²) in [6.45, 7) is 4.14. The second kappa shape index (κ2) is 5.86. The highest BCUT2D eigenvalue weighted by Gasteiger charge is 2.46. The van der Waals surface area contributed by atoms with Crippen molar-refractivity contribution in [1.82, 2.24) is 4.90 Å². The number of benzene rings is 2. The zero-order chi connectivity index (χ0) is 15.7. The van der Waals surface area contributed by atoms with E-state index in [2.05, 4.69) is 67.4 Å². The van der Waals surface area contributed by atoms with Gasteiger partial charge in [0.25, 0.3) is 0 Å². The maximum atomic E-state index is 11.0. The Morgan fingerprint density at radius 2 is 1.45 bits per heavy atom. The van der Waals surface area contributed by atoms with E-state index in [1.54, 1.807) is 0 Å². The summed E-state index contributed by atoms with van der Waals surface area (Å²) < 4.78 is 0. The van der Waals surface area contributed by atoms with Crippen LogP contribution in [-0.4, -0.2) is 22.7 Å². The van der Waals surface area contributed by atoms with Crippen molar-refractivity contribution >= 4 is 0 Å². The van der Waals surface area contributed by atoms with Crippen LogP contribution < -0.4 is 0 Å². The van der Waals surface area contributed by atoms with Gasteiger partial charge < -0.3 is 5.11 Å². The molecule has 1 aliphatic rings. The fourth-order valence-electron chi connectivity index (χ4n) is 3.81. The molecule has 4 unspecified atom stereocenters. The number of hydrogen-bond acceptors (Lipinski definition) is 2. The van der Waals surface area contributed by atoms with E-state index in [-0.39, 0.29) is 18.0 Å². The Balaban J connectivity index is 2.01. The average Bonchev–Trinajstić information content (AvgIpc) is 2.53. The van der Waals surface area contributed by atoms with Gasteiger partial charge in [-0.3, -0.25) is 4.90 Å². The molecule has 1 N–H and O–H groups in total. The molecule has 1 heterocycles. The van der Waals surface area contributed by atoms with Gasteiger partial charge in [-0.1, -0.05) is 67.6 Å². The minimum Gasteiger partial charge on any atom is -0.390 e. The molecule has 4 atom stereocenters. The summed E-state index contributed by atoms with van der Waals surface area (Å²) in [5.74, 6) is 0.180. The molecule has 22 heavy (non-hydrogen) atoms. The topological polar surface area (TPSA) is 23.5 Å². The fourth-order valence-corrected chi connectivity index (χ4v) is 3.81. The first-order valence-corrected chi connectivity index (χ1v) is 8.05. The van der Waals surface area contributed by atoms with Crippen molar-refractivity contribution in [1.29, 1.82) is 0 Å². The first kappa shape index (κ1) is 15.3. The summed E-state index contributed by atoms with van der Waals surface area (Å²) >= 11 is 0. The smallest absolute Gasteiger partial charge is 0.0681 e. The third-order valence-electron chi connectivity index (χ3n) is 5.32. The van der Waals surface area contributed by atoms with Gasteiger partial charge in [0.05, 0.1) is 5.60 Å². The number of rotatable bonds is 2. The normalized spacial score (nSPS) is 32.8. The van der Waals surface area contributed by atoms with Gasteiger partial charge in [-0.25, -0.2) is 0 Å². The highest BCUT2D eigenvalue weighted by atomic mass is 16.3. The molecule has 0 saturated carbocycles. The van der Waals surface area contributed by atoms with Crippen LogP contribution in [0.3, 0.4) is 0 Å². The Labute approximate surface area is 133 Å². The summed E-state index contributed by atoms with van der Waals surface area (Å²) in [6.07, 6.45) is 0.762. The molecule has 3 rings (SSSR count). The van der Waals surface area contributed by atoms with Crippen LogP contribution in [0.5, 0.6) is 0 Å². The van der Waals surface area contributed by atoms with E-state index in [9.17, 15) is 5.11 Å². The lowest BCUT2D eigenvalue weighted by molar-refractivity contribution is -0.102. The molecule has 1 saturated heterocycles. The molecule has 1 aliphatic heterocycles. The van der Waals surface area contributed by atoms with E-state index in [0.717, 1.165) is 6.42 Å². The van der Waals surface area contributed by atoms with Crippen molar-refractivity contribution in [3.63, 3.8) is 0 Å². The first-order valence-electron chi connectivity index (χ1n) is 8.05. The highest BCUT2D eigenvalue weighted by Crippen LogP contribution is 2.48. The summed E-state index contributed by atoms with van der Waals surface area (Å²) in [5, 5.41) is 11.0. The molecule has 0 aromatic heterocycles. The molecular formula is C20H25NO. The maximum Gasteiger partial charge on any atom is 0.0681 e. The van der Waals surface area contributed by atoms with Crippen LogP contribution in [0.4, 0.5) is 0 Å². The van der Waals surface area contributed by atoms with Crippen LogP contribution in [0.2, 0.25) is 0 Å². The van der Waals surface area contributed by atoms with E-state index in [0.29, 0.717) is 0 Å². The third kappa shape index (κ3) is 2.69. The van der Waals surface area contributed by atoms with E-state index in [1.807, 2.05) is 19.1 Å². The number of aliphatic hydroxyl groups is 1. The van der Waals surface area contributed by atoms with Gasteiger partial charge in [0.1, 0.15) is 0 Å². The third-order valence-corrected chi connectivity index (χ3v) is 5.32. The van der Waals surface area contributed by atoms with Crippen LogP contribution >= 0.6 is 0 Å². The molecular weight excluding hydrogens is 270 g/mol. The zero-order valence-corrected chi connectivity index (χ0v) is 13.6. The predicted molar refractivity (Wildman–Crippen MR) is 90.5 cm³/mol. The lowest BCUT2D eigenvalue weighted by Crippen LogP contribution is -2.50. The lowest BCUT2D eigenvalue weighted by Gasteiger charge is -2.51. The lowest BCUT2D eigenvalue weighted by atomic mass is 9.72. The second-order valence-electron chi connectivity index (χ2n) is 6.80. The van der Waals surface area contributed by atoms with Gasteiger partial charge in [0.2, 0.25) is 0 Å². The standard InChI is InChI=1S/C20H25NO/c1-15-19(17-12-8-5-9-13-17)21(3)18(14-20(15,2)22)16-10-6-4-7-11-16/h4-13,15,18-19,22H,14H2,1-3H3. The molecule has 2 aromatic carbocycles. The van der Waals surface area contributed by atoms with Crippen molar-refractivity contribution in [2.24, 2.45) is 5.92 Å². The summed E-state index contributed by atoms with van der Waals surface area (Å²) in [5.41, 5.74) is 1.88. The number of hydrogen-bond donors (Lipinski definition) is 1. The van der Waals surface area contributed by atoms with Crippen molar-refractivity contribution in [3.05, 3.63) is 71.8 Å². The average molecular weight is 295 g/mol. The van der Waals surface area contributed by atoms with Crippen LogP contribution in [0.25, 0.3) is 0 Å². The molecule has 116 valence electrons. The van der Waals surface area contributed by atoms with Gasteiger partial charge in [0, 0.05) is 18.0 Å². The minimum atomic E-state index is -0.673. The summed E-state index contributed by atoms with van der Waals surface area (Å²) in [6, 6.07) is 21.5. The van der Waals surface area contributed by atoms with Gasteiger partial charge in [-0.15, -0.1) is 0 Å². The van der Waals surface area contributed by atoms with E-state index in [4.69, 9.17) is 0 Å². The Kier molecular flexibility index (Phi) is 4.07. The van der Waals surface area contributed by atoms with Crippen molar-refractivity contribution in [2.75, 3.05) is 7.05 Å². The maximum absolute atomic E-state index is 11.0.